The molecule has 7 nitrogen and oxygen atoms in total. The summed E-state index contributed by atoms with van der Waals surface area (Å²) in [7, 11) is 0. The van der Waals surface area contributed by atoms with Crippen molar-refractivity contribution in [2.24, 2.45) is 0 Å². The molecule has 0 atom stereocenters. The molecule has 1 amide bonds. The summed E-state index contributed by atoms with van der Waals surface area (Å²) in [6.45, 7) is 7.65. The van der Waals surface area contributed by atoms with Crippen molar-refractivity contribution in [2.45, 2.75) is 26.7 Å². The van der Waals surface area contributed by atoms with Gasteiger partial charge in [-0.25, -0.2) is 4.79 Å². The molecule has 7 heteroatoms. The molecule has 2 aromatic rings. The zero-order chi connectivity index (χ0) is 21.5. The second-order valence-electron chi connectivity index (χ2n) is 7.21. The van der Waals surface area contributed by atoms with Crippen LogP contribution in [0.3, 0.4) is 0 Å². The van der Waals surface area contributed by atoms with Gasteiger partial charge in [-0.2, -0.15) is 0 Å². The maximum Gasteiger partial charge on any atom is 0.337 e. The van der Waals surface area contributed by atoms with Crippen LogP contribution in [0.5, 0.6) is 5.75 Å². The van der Waals surface area contributed by atoms with Crippen LogP contribution in [0.15, 0.2) is 42.5 Å². The first-order valence-corrected chi connectivity index (χ1v) is 10.4. The number of carboxylic acid groups (broad SMARTS) is 1. The van der Waals surface area contributed by atoms with Gasteiger partial charge in [0.2, 0.25) is 5.91 Å². The second kappa shape index (κ2) is 10.0. The number of hydrogen-bond acceptors (Lipinski definition) is 5. The minimum atomic E-state index is -1.05. The number of carbonyl (C=O) groups is 2. The minimum absolute atomic E-state index is 0.112. The lowest BCUT2D eigenvalue weighted by Gasteiger charge is -2.38. The molecular formula is C23H29N3O4. The van der Waals surface area contributed by atoms with Gasteiger partial charge in [-0.1, -0.05) is 19.1 Å². The number of carboxylic acids is 1. The topological polar surface area (TPSA) is 82.1 Å². The number of nitrogens with zero attached hydrogens (tertiary/aromatic N) is 2. The average molecular weight is 412 g/mol. The maximum absolute atomic E-state index is 11.9. The van der Waals surface area contributed by atoms with E-state index in [0.717, 1.165) is 43.3 Å². The Bertz CT molecular complexity index is 892. The number of hydrogen-bond donors (Lipinski definition) is 2. The van der Waals surface area contributed by atoms with Crippen LogP contribution in [0.2, 0.25) is 0 Å². The molecule has 0 unspecified atom stereocenters. The number of aromatic carboxylic acids is 1. The van der Waals surface area contributed by atoms with E-state index in [1.54, 1.807) is 12.1 Å². The monoisotopic (exact) mass is 411 g/mol. The van der Waals surface area contributed by atoms with Crippen LogP contribution in [0.1, 0.15) is 37.0 Å². The van der Waals surface area contributed by atoms with E-state index in [4.69, 9.17) is 4.74 Å². The third kappa shape index (κ3) is 5.03. The van der Waals surface area contributed by atoms with Gasteiger partial charge in [-0.05, 0) is 43.7 Å². The number of anilines is 3. The Morgan fingerprint density at radius 2 is 1.73 bits per heavy atom. The molecule has 0 radical (unpaired) electrons. The van der Waals surface area contributed by atoms with E-state index >= 15 is 0 Å². The van der Waals surface area contributed by atoms with Crippen LogP contribution in [-0.2, 0) is 4.79 Å². The first kappa shape index (κ1) is 21.5. The summed E-state index contributed by atoms with van der Waals surface area (Å²) in [5, 5.41) is 12.3. The summed E-state index contributed by atoms with van der Waals surface area (Å²) in [6.07, 6.45) is 1.08. The Balaban J connectivity index is 1.72. The molecule has 0 saturated carbocycles. The molecule has 2 aromatic carbocycles. The molecule has 0 spiro atoms. The summed E-state index contributed by atoms with van der Waals surface area (Å²) < 4.78 is 5.75. The maximum atomic E-state index is 11.9. The minimum Gasteiger partial charge on any atom is -0.492 e. The van der Waals surface area contributed by atoms with E-state index in [0.29, 0.717) is 25.1 Å². The molecule has 3 rings (SSSR count). The van der Waals surface area contributed by atoms with Crippen molar-refractivity contribution in [3.05, 3.63) is 48.0 Å². The summed E-state index contributed by atoms with van der Waals surface area (Å²) >= 11 is 0. The number of benzene rings is 2. The zero-order valence-corrected chi connectivity index (χ0v) is 17.6. The van der Waals surface area contributed by atoms with Gasteiger partial charge < -0.3 is 25.0 Å². The van der Waals surface area contributed by atoms with E-state index in [-0.39, 0.29) is 11.5 Å². The fourth-order valence-corrected chi connectivity index (χ4v) is 3.66. The lowest BCUT2D eigenvalue weighted by atomic mass is 10.1. The Morgan fingerprint density at radius 1 is 1.03 bits per heavy atom. The molecular weight excluding hydrogens is 382 g/mol. The van der Waals surface area contributed by atoms with Gasteiger partial charge in [0.25, 0.3) is 0 Å². The number of carbonyl (C=O) groups excluding carboxylic acids is 1. The summed E-state index contributed by atoms with van der Waals surface area (Å²) in [5.74, 6) is -0.337. The molecule has 1 aliphatic rings. The molecule has 1 heterocycles. The summed E-state index contributed by atoms with van der Waals surface area (Å²) in [6, 6.07) is 13.2. The highest BCUT2D eigenvalue weighted by Crippen LogP contribution is 2.30. The Hall–Kier alpha value is -3.22. The van der Waals surface area contributed by atoms with Gasteiger partial charge in [-0.3, -0.25) is 4.79 Å². The number of amides is 1. The SMILES string of the molecule is CCCC(=O)Nc1ccc(N2CCN(c3ccccc3OCC)CC2)cc1C(=O)O. The molecule has 1 aliphatic heterocycles. The third-order valence-electron chi connectivity index (χ3n) is 5.14. The normalized spacial score (nSPS) is 13.8. The van der Waals surface area contributed by atoms with Crippen molar-refractivity contribution in [3.8, 4) is 5.75 Å². The van der Waals surface area contributed by atoms with E-state index in [9.17, 15) is 14.7 Å². The molecule has 160 valence electrons. The van der Waals surface area contributed by atoms with Gasteiger partial charge in [-0.15, -0.1) is 0 Å². The van der Waals surface area contributed by atoms with Crippen molar-refractivity contribution in [1.82, 2.24) is 0 Å². The average Bonchev–Trinajstić information content (AvgIpc) is 2.75. The molecule has 1 saturated heterocycles. The van der Waals surface area contributed by atoms with Gasteiger partial charge in [0.15, 0.2) is 0 Å². The first-order valence-electron chi connectivity index (χ1n) is 10.4. The van der Waals surface area contributed by atoms with Crippen LogP contribution >= 0.6 is 0 Å². The fourth-order valence-electron chi connectivity index (χ4n) is 3.66. The van der Waals surface area contributed by atoms with E-state index < -0.39 is 5.97 Å². The Kier molecular flexibility index (Phi) is 7.17. The van der Waals surface area contributed by atoms with E-state index in [1.807, 2.05) is 38.1 Å². The van der Waals surface area contributed by atoms with Crippen LogP contribution in [0.4, 0.5) is 17.1 Å². The van der Waals surface area contributed by atoms with Crippen LogP contribution < -0.4 is 19.9 Å². The van der Waals surface area contributed by atoms with Crippen molar-refractivity contribution in [1.29, 1.82) is 0 Å². The summed E-state index contributed by atoms with van der Waals surface area (Å²) in [5.41, 5.74) is 2.38. The lowest BCUT2D eigenvalue weighted by molar-refractivity contribution is -0.116. The standard InChI is InChI=1S/C23H29N3O4/c1-3-7-22(27)24-19-11-10-17(16-18(19)23(28)29)25-12-14-26(15-13-25)20-8-5-6-9-21(20)30-4-2/h5-6,8-11,16H,3-4,7,12-15H2,1-2H3,(H,24,27)(H,28,29). The van der Waals surface area contributed by atoms with Gasteiger partial charge >= 0.3 is 5.97 Å². The fraction of sp³-hybridized carbons (Fsp3) is 0.391. The van der Waals surface area contributed by atoms with Gasteiger partial charge in [0.1, 0.15) is 5.75 Å². The van der Waals surface area contributed by atoms with Crippen molar-refractivity contribution in [2.75, 3.05) is 47.9 Å². The molecule has 0 aliphatic carbocycles. The van der Waals surface area contributed by atoms with Crippen molar-refractivity contribution < 1.29 is 19.4 Å². The van der Waals surface area contributed by atoms with E-state index in [1.165, 1.54) is 0 Å². The second-order valence-corrected chi connectivity index (χ2v) is 7.21. The van der Waals surface area contributed by atoms with Crippen LogP contribution in [0, 0.1) is 0 Å². The predicted molar refractivity (Wildman–Crippen MR) is 119 cm³/mol. The van der Waals surface area contributed by atoms with Crippen LogP contribution in [0.25, 0.3) is 0 Å². The Labute approximate surface area is 177 Å². The Morgan fingerprint density at radius 3 is 2.40 bits per heavy atom. The van der Waals surface area contributed by atoms with Crippen molar-refractivity contribution >= 4 is 28.9 Å². The van der Waals surface area contributed by atoms with Gasteiger partial charge in [0, 0.05) is 38.3 Å². The smallest absolute Gasteiger partial charge is 0.337 e. The number of rotatable bonds is 8. The third-order valence-corrected chi connectivity index (χ3v) is 5.14. The highest BCUT2D eigenvalue weighted by atomic mass is 16.5. The number of para-hydroxylation sites is 2. The van der Waals surface area contributed by atoms with E-state index in [2.05, 4.69) is 21.2 Å². The quantitative estimate of drug-likeness (QED) is 0.687. The molecule has 2 N–H and O–H groups in total. The number of piperazine rings is 1. The first-order chi connectivity index (χ1) is 14.5. The highest BCUT2D eigenvalue weighted by molar-refractivity contribution is 6.01. The molecule has 1 fully saturated rings. The van der Waals surface area contributed by atoms with Gasteiger partial charge in [0.05, 0.1) is 23.5 Å². The molecule has 30 heavy (non-hydrogen) atoms. The predicted octanol–water partition coefficient (Wildman–Crippen LogP) is 3.85. The van der Waals surface area contributed by atoms with Crippen molar-refractivity contribution in [3.63, 3.8) is 0 Å². The molecule has 0 aromatic heterocycles. The summed E-state index contributed by atoms with van der Waals surface area (Å²) in [4.78, 5) is 28.1. The zero-order valence-electron chi connectivity index (χ0n) is 17.6. The lowest BCUT2D eigenvalue weighted by Crippen LogP contribution is -2.46. The number of ether oxygens (including phenoxy) is 1. The number of nitrogens with one attached hydrogen (secondary N) is 1. The highest BCUT2D eigenvalue weighted by Gasteiger charge is 2.22. The van der Waals surface area contributed by atoms with Crippen LogP contribution in [-0.4, -0.2) is 49.8 Å². The largest absolute Gasteiger partial charge is 0.492 e. The molecule has 0 bridgehead atoms.